The van der Waals surface area contributed by atoms with Crippen LogP contribution in [0.5, 0.6) is 5.75 Å². The first-order chi connectivity index (χ1) is 10.4. The van der Waals surface area contributed by atoms with Crippen LogP contribution in [-0.2, 0) is 14.8 Å². The molecule has 0 amide bonds. The number of rotatable bonds is 10. The Morgan fingerprint density at radius 3 is 2.73 bits per heavy atom. The number of hydrogen-bond donors (Lipinski definition) is 2. The lowest BCUT2D eigenvalue weighted by Gasteiger charge is -2.17. The second-order valence-corrected chi connectivity index (χ2v) is 7.04. The van der Waals surface area contributed by atoms with Crippen LogP contribution in [0.2, 0.25) is 5.02 Å². The first kappa shape index (κ1) is 19.2. The molecule has 0 saturated carbocycles. The summed E-state index contributed by atoms with van der Waals surface area (Å²) in [5, 5.41) is 0.328. The number of benzene rings is 1. The average Bonchev–Trinajstić information content (AvgIpc) is 2.46. The van der Waals surface area contributed by atoms with Crippen LogP contribution in [0.25, 0.3) is 0 Å². The molecule has 0 aliphatic heterocycles. The molecular weight excluding hydrogens is 328 g/mol. The minimum Gasteiger partial charge on any atom is -0.487 e. The summed E-state index contributed by atoms with van der Waals surface area (Å²) in [5.41, 5.74) is 5.39. The van der Waals surface area contributed by atoms with Crippen LogP contribution in [0.4, 0.5) is 0 Å². The minimum atomic E-state index is -3.70. The molecule has 22 heavy (non-hydrogen) atoms. The lowest BCUT2D eigenvalue weighted by molar-refractivity contribution is 0.0901. The number of unbranched alkanes of at least 4 members (excludes halogenated alkanes) is 1. The molecule has 1 atom stereocenters. The van der Waals surface area contributed by atoms with Crippen molar-refractivity contribution in [2.24, 2.45) is 5.73 Å². The third kappa shape index (κ3) is 6.10. The van der Waals surface area contributed by atoms with Crippen LogP contribution in [-0.4, -0.2) is 41.3 Å². The highest BCUT2D eigenvalue weighted by molar-refractivity contribution is 7.89. The Morgan fingerprint density at radius 2 is 2.09 bits per heavy atom. The van der Waals surface area contributed by atoms with E-state index in [1.54, 1.807) is 26.2 Å². The molecular formula is C14H23ClN2O4S. The summed E-state index contributed by atoms with van der Waals surface area (Å²) in [6.45, 7) is 3.00. The van der Waals surface area contributed by atoms with Gasteiger partial charge >= 0.3 is 0 Å². The van der Waals surface area contributed by atoms with Crippen LogP contribution < -0.4 is 15.2 Å². The summed E-state index contributed by atoms with van der Waals surface area (Å²) < 4.78 is 37.9. The van der Waals surface area contributed by atoms with E-state index < -0.39 is 10.0 Å². The highest BCUT2D eigenvalue weighted by atomic mass is 35.5. The molecule has 1 rings (SSSR count). The van der Waals surface area contributed by atoms with E-state index in [-0.39, 0.29) is 16.7 Å². The van der Waals surface area contributed by atoms with E-state index in [1.165, 1.54) is 6.07 Å². The maximum absolute atomic E-state index is 12.4. The van der Waals surface area contributed by atoms with Gasteiger partial charge in [0, 0.05) is 18.7 Å². The Kier molecular flexibility index (Phi) is 8.13. The summed E-state index contributed by atoms with van der Waals surface area (Å²) in [6, 6.07) is 4.51. The fourth-order valence-electron chi connectivity index (χ4n) is 1.83. The van der Waals surface area contributed by atoms with Crippen molar-refractivity contribution in [1.82, 2.24) is 4.72 Å². The third-order valence-electron chi connectivity index (χ3n) is 2.85. The minimum absolute atomic E-state index is 0.0238. The monoisotopic (exact) mass is 350 g/mol. The van der Waals surface area contributed by atoms with Crippen molar-refractivity contribution in [1.29, 1.82) is 0 Å². The van der Waals surface area contributed by atoms with Crippen LogP contribution in [0, 0.1) is 0 Å². The summed E-state index contributed by atoms with van der Waals surface area (Å²) in [7, 11) is -2.14. The lowest BCUT2D eigenvalue weighted by Crippen LogP contribution is -2.27. The number of nitrogens with two attached hydrogens (primary N) is 1. The topological polar surface area (TPSA) is 90.6 Å². The van der Waals surface area contributed by atoms with E-state index in [4.69, 9.17) is 26.8 Å². The predicted molar refractivity (Wildman–Crippen MR) is 86.9 cm³/mol. The van der Waals surface area contributed by atoms with Gasteiger partial charge in [0.1, 0.15) is 16.7 Å². The fraction of sp³-hybridized carbons (Fsp3) is 0.571. The number of nitrogens with one attached hydrogen (secondary N) is 1. The first-order valence-electron chi connectivity index (χ1n) is 7.05. The van der Waals surface area contributed by atoms with Crippen molar-refractivity contribution in [3.63, 3.8) is 0 Å². The maximum Gasteiger partial charge on any atom is 0.244 e. The number of halogens is 1. The largest absolute Gasteiger partial charge is 0.487 e. The van der Waals surface area contributed by atoms with Crippen molar-refractivity contribution in [3.05, 3.63) is 23.2 Å². The van der Waals surface area contributed by atoms with Gasteiger partial charge in [-0.1, -0.05) is 11.6 Å². The fourth-order valence-corrected chi connectivity index (χ4v) is 3.30. The molecule has 0 fully saturated rings. The van der Waals surface area contributed by atoms with Crippen molar-refractivity contribution in [3.8, 4) is 5.75 Å². The molecule has 126 valence electrons. The van der Waals surface area contributed by atoms with Gasteiger partial charge in [0.25, 0.3) is 0 Å². The molecule has 0 bridgehead atoms. The Balaban J connectivity index is 2.92. The Morgan fingerprint density at radius 1 is 1.36 bits per heavy atom. The molecule has 8 heteroatoms. The highest BCUT2D eigenvalue weighted by Crippen LogP contribution is 2.28. The standard InChI is InChI=1S/C14H23ClN2O4S/c1-11(10-20-2)21-13-6-5-12(15)9-14(13)22(18,19)17-8-4-3-7-16/h5-6,9,11,17H,3-4,7-8,10,16H2,1-2H3. The van der Waals surface area contributed by atoms with Gasteiger partial charge in [-0.2, -0.15) is 0 Å². The third-order valence-corrected chi connectivity index (χ3v) is 4.57. The van der Waals surface area contributed by atoms with Crippen molar-refractivity contribution >= 4 is 21.6 Å². The molecule has 1 unspecified atom stereocenters. The summed E-state index contributed by atoms with van der Waals surface area (Å²) in [5.74, 6) is 0.250. The first-order valence-corrected chi connectivity index (χ1v) is 8.91. The van der Waals surface area contributed by atoms with Crippen molar-refractivity contribution in [2.75, 3.05) is 26.8 Å². The number of hydrogen-bond acceptors (Lipinski definition) is 5. The molecule has 0 spiro atoms. The van der Waals surface area contributed by atoms with Gasteiger partial charge in [-0.25, -0.2) is 13.1 Å². The zero-order valence-electron chi connectivity index (χ0n) is 12.8. The summed E-state index contributed by atoms with van der Waals surface area (Å²) in [4.78, 5) is 0.0238. The highest BCUT2D eigenvalue weighted by Gasteiger charge is 2.21. The van der Waals surface area contributed by atoms with Gasteiger partial charge in [0.05, 0.1) is 6.61 Å². The zero-order valence-corrected chi connectivity index (χ0v) is 14.4. The lowest BCUT2D eigenvalue weighted by atomic mass is 10.3. The molecule has 1 aromatic rings. The number of ether oxygens (including phenoxy) is 2. The quantitative estimate of drug-likeness (QED) is 0.627. The predicted octanol–water partition coefficient (Wildman–Crippen LogP) is 1.77. The second-order valence-electron chi connectivity index (χ2n) is 4.87. The summed E-state index contributed by atoms with van der Waals surface area (Å²) in [6.07, 6.45) is 1.15. The van der Waals surface area contributed by atoms with Gasteiger partial charge in [0.15, 0.2) is 0 Å². The molecule has 0 aromatic heterocycles. The molecule has 0 heterocycles. The number of sulfonamides is 1. The van der Waals surface area contributed by atoms with Gasteiger partial charge in [0.2, 0.25) is 10.0 Å². The maximum atomic E-state index is 12.4. The van der Waals surface area contributed by atoms with Crippen molar-refractivity contribution < 1.29 is 17.9 Å². The van der Waals surface area contributed by atoms with Crippen LogP contribution in [0.15, 0.2) is 23.1 Å². The average molecular weight is 351 g/mol. The molecule has 0 radical (unpaired) electrons. The molecule has 3 N–H and O–H groups in total. The summed E-state index contributed by atoms with van der Waals surface area (Å²) >= 11 is 5.92. The van der Waals surface area contributed by atoms with Crippen LogP contribution in [0.1, 0.15) is 19.8 Å². The zero-order chi connectivity index (χ0) is 16.6. The van der Waals surface area contributed by atoms with Gasteiger partial charge in [-0.15, -0.1) is 0 Å². The van der Waals surface area contributed by atoms with Gasteiger partial charge in [-0.05, 0) is 44.5 Å². The van der Waals surface area contributed by atoms with Crippen molar-refractivity contribution in [2.45, 2.75) is 30.8 Å². The van der Waals surface area contributed by atoms with E-state index in [2.05, 4.69) is 4.72 Å². The normalized spacial score (nSPS) is 13.1. The molecule has 6 nitrogen and oxygen atoms in total. The van der Waals surface area contributed by atoms with Gasteiger partial charge < -0.3 is 15.2 Å². The van der Waals surface area contributed by atoms with Crippen LogP contribution >= 0.6 is 11.6 Å². The number of methoxy groups -OCH3 is 1. The smallest absolute Gasteiger partial charge is 0.244 e. The molecule has 0 saturated heterocycles. The second kappa shape index (κ2) is 9.32. The molecule has 0 aliphatic rings. The Hall–Kier alpha value is -0.860. The van der Waals surface area contributed by atoms with E-state index >= 15 is 0 Å². The van der Waals surface area contributed by atoms with E-state index in [0.717, 1.165) is 6.42 Å². The van der Waals surface area contributed by atoms with Gasteiger partial charge in [-0.3, -0.25) is 0 Å². The Labute approximate surface area is 137 Å². The molecule has 0 aliphatic carbocycles. The van der Waals surface area contributed by atoms with E-state index in [9.17, 15) is 8.42 Å². The van der Waals surface area contributed by atoms with E-state index in [0.29, 0.717) is 31.1 Å². The van der Waals surface area contributed by atoms with E-state index in [1.807, 2.05) is 0 Å². The SMILES string of the molecule is COCC(C)Oc1ccc(Cl)cc1S(=O)(=O)NCCCCN. The Bertz CT molecular complexity index is 566. The molecule has 1 aromatic carbocycles. The van der Waals surface area contributed by atoms with Crippen LogP contribution in [0.3, 0.4) is 0 Å².